The number of carbonyl (C=O) groups excluding carboxylic acids is 1. The van der Waals surface area contributed by atoms with E-state index >= 15 is 0 Å². The van der Waals surface area contributed by atoms with Crippen molar-refractivity contribution in [2.24, 2.45) is 0 Å². The summed E-state index contributed by atoms with van der Waals surface area (Å²) in [5.74, 6) is 2.59. The number of rotatable bonds is 4. The van der Waals surface area contributed by atoms with Crippen molar-refractivity contribution in [1.82, 2.24) is 10.2 Å². The molecule has 0 bridgehead atoms. The molecule has 3 rings (SSSR count). The summed E-state index contributed by atoms with van der Waals surface area (Å²) >= 11 is 3.71. The quantitative estimate of drug-likeness (QED) is 0.927. The lowest BCUT2D eigenvalue weighted by Crippen LogP contribution is -2.40. The van der Waals surface area contributed by atoms with E-state index in [2.05, 4.69) is 34.7 Å². The number of nitrogens with one attached hydrogen (secondary N) is 1. The molecule has 2 aliphatic heterocycles. The molecule has 2 saturated heterocycles. The summed E-state index contributed by atoms with van der Waals surface area (Å²) in [4.78, 5) is 16.0. The van der Waals surface area contributed by atoms with Crippen LogP contribution >= 0.6 is 23.1 Å². The average molecular weight is 296 g/mol. The van der Waals surface area contributed by atoms with Gasteiger partial charge in [0.15, 0.2) is 0 Å². The molecule has 1 amide bonds. The lowest BCUT2D eigenvalue weighted by molar-refractivity contribution is -0.132. The molecule has 1 N–H and O–H groups in total. The Morgan fingerprint density at radius 2 is 2.42 bits per heavy atom. The van der Waals surface area contributed by atoms with Gasteiger partial charge in [0.05, 0.1) is 6.04 Å². The SMILES string of the molecule is CCCC1NC(c2cccs2)N(C2CCSC2)C1=O. The van der Waals surface area contributed by atoms with Gasteiger partial charge in [-0.15, -0.1) is 11.3 Å². The van der Waals surface area contributed by atoms with Crippen molar-refractivity contribution in [3.05, 3.63) is 22.4 Å². The molecule has 3 nitrogen and oxygen atoms in total. The minimum atomic E-state index is 0.0164. The summed E-state index contributed by atoms with van der Waals surface area (Å²) in [6.07, 6.45) is 3.23. The van der Waals surface area contributed by atoms with Crippen LogP contribution in [0.4, 0.5) is 0 Å². The molecule has 3 heterocycles. The Bertz CT molecular complexity index is 429. The van der Waals surface area contributed by atoms with Crippen LogP contribution in [0, 0.1) is 0 Å². The first-order chi connectivity index (χ1) is 9.31. The predicted octanol–water partition coefficient (Wildman–Crippen LogP) is 2.85. The van der Waals surface area contributed by atoms with Crippen molar-refractivity contribution in [2.45, 2.75) is 44.4 Å². The van der Waals surface area contributed by atoms with Crippen LogP contribution in [0.5, 0.6) is 0 Å². The molecule has 1 aromatic rings. The second kappa shape index (κ2) is 5.85. The van der Waals surface area contributed by atoms with E-state index in [-0.39, 0.29) is 12.2 Å². The maximum Gasteiger partial charge on any atom is 0.241 e. The van der Waals surface area contributed by atoms with Crippen molar-refractivity contribution >= 4 is 29.0 Å². The topological polar surface area (TPSA) is 32.3 Å². The maximum absolute atomic E-state index is 12.6. The van der Waals surface area contributed by atoms with E-state index in [9.17, 15) is 4.79 Å². The molecular weight excluding hydrogens is 276 g/mol. The highest BCUT2D eigenvalue weighted by atomic mass is 32.2. The summed E-state index contributed by atoms with van der Waals surface area (Å²) in [6.45, 7) is 2.14. The highest BCUT2D eigenvalue weighted by Gasteiger charge is 2.43. The van der Waals surface area contributed by atoms with Gasteiger partial charge in [-0.3, -0.25) is 10.1 Å². The van der Waals surface area contributed by atoms with Gasteiger partial charge in [-0.1, -0.05) is 19.4 Å². The van der Waals surface area contributed by atoms with Gasteiger partial charge < -0.3 is 4.90 Å². The highest BCUT2D eigenvalue weighted by Crippen LogP contribution is 2.35. The Hall–Kier alpha value is -0.520. The van der Waals surface area contributed by atoms with Crippen molar-refractivity contribution in [3.63, 3.8) is 0 Å². The number of nitrogens with zero attached hydrogens (tertiary/aromatic N) is 1. The van der Waals surface area contributed by atoms with Crippen molar-refractivity contribution in [2.75, 3.05) is 11.5 Å². The van der Waals surface area contributed by atoms with E-state index < -0.39 is 0 Å². The largest absolute Gasteiger partial charge is 0.317 e. The first kappa shape index (κ1) is 13.5. The van der Waals surface area contributed by atoms with Crippen LogP contribution < -0.4 is 5.32 Å². The van der Waals surface area contributed by atoms with E-state index in [4.69, 9.17) is 0 Å². The maximum atomic E-state index is 12.6. The molecule has 2 fully saturated rings. The van der Waals surface area contributed by atoms with Crippen molar-refractivity contribution in [1.29, 1.82) is 0 Å². The summed E-state index contributed by atoms with van der Waals surface area (Å²) < 4.78 is 0. The van der Waals surface area contributed by atoms with Gasteiger partial charge >= 0.3 is 0 Å². The Labute approximate surface area is 122 Å². The summed E-state index contributed by atoms with van der Waals surface area (Å²) in [5, 5.41) is 5.64. The normalized spacial score (nSPS) is 31.3. The van der Waals surface area contributed by atoms with Crippen LogP contribution in [0.2, 0.25) is 0 Å². The van der Waals surface area contributed by atoms with Crippen LogP contribution in [0.3, 0.4) is 0 Å². The highest BCUT2D eigenvalue weighted by molar-refractivity contribution is 7.99. The van der Waals surface area contributed by atoms with Crippen molar-refractivity contribution in [3.8, 4) is 0 Å². The molecular formula is C14H20N2OS2. The Kier molecular flexibility index (Phi) is 4.15. The number of amides is 1. The lowest BCUT2D eigenvalue weighted by atomic mass is 10.1. The molecule has 19 heavy (non-hydrogen) atoms. The van der Waals surface area contributed by atoms with E-state index in [1.165, 1.54) is 10.6 Å². The van der Waals surface area contributed by atoms with E-state index in [1.807, 2.05) is 11.8 Å². The van der Waals surface area contributed by atoms with Gasteiger partial charge in [-0.2, -0.15) is 11.8 Å². The minimum Gasteiger partial charge on any atom is -0.317 e. The molecule has 104 valence electrons. The molecule has 0 aliphatic carbocycles. The van der Waals surface area contributed by atoms with E-state index in [1.54, 1.807) is 11.3 Å². The third kappa shape index (κ3) is 2.56. The standard InChI is InChI=1S/C14H20N2OS2/c1-2-4-11-14(17)16(10-6-8-18-9-10)13(15-11)12-5-3-7-19-12/h3,5,7,10-11,13,15H,2,4,6,8-9H2,1H3. The molecule has 3 atom stereocenters. The smallest absolute Gasteiger partial charge is 0.241 e. The average Bonchev–Trinajstić information content (AvgIpc) is 3.11. The first-order valence-corrected chi connectivity index (χ1v) is 9.04. The van der Waals surface area contributed by atoms with Gasteiger partial charge in [0, 0.05) is 16.7 Å². The third-order valence-electron chi connectivity index (χ3n) is 3.88. The Balaban J connectivity index is 1.85. The molecule has 1 aromatic heterocycles. The number of hydrogen-bond acceptors (Lipinski definition) is 4. The van der Waals surface area contributed by atoms with Crippen LogP contribution in [-0.2, 0) is 4.79 Å². The first-order valence-electron chi connectivity index (χ1n) is 7.00. The molecule has 0 aromatic carbocycles. The second-order valence-electron chi connectivity index (χ2n) is 5.19. The van der Waals surface area contributed by atoms with E-state index in [0.717, 1.165) is 25.0 Å². The van der Waals surface area contributed by atoms with Gasteiger partial charge in [-0.25, -0.2) is 0 Å². The molecule has 0 saturated carbocycles. The minimum absolute atomic E-state index is 0.0164. The number of carbonyl (C=O) groups is 1. The zero-order chi connectivity index (χ0) is 13.2. The molecule has 5 heteroatoms. The Morgan fingerprint density at radius 3 is 3.05 bits per heavy atom. The predicted molar refractivity (Wildman–Crippen MR) is 81.5 cm³/mol. The second-order valence-corrected chi connectivity index (χ2v) is 7.32. The van der Waals surface area contributed by atoms with E-state index in [0.29, 0.717) is 11.9 Å². The van der Waals surface area contributed by atoms with Crippen LogP contribution in [0.1, 0.15) is 37.2 Å². The zero-order valence-electron chi connectivity index (χ0n) is 11.2. The van der Waals surface area contributed by atoms with Gasteiger partial charge in [-0.05, 0) is 30.0 Å². The third-order valence-corrected chi connectivity index (χ3v) is 5.95. The fourth-order valence-electron chi connectivity index (χ4n) is 2.94. The van der Waals surface area contributed by atoms with Crippen LogP contribution in [0.15, 0.2) is 17.5 Å². The Morgan fingerprint density at radius 1 is 1.53 bits per heavy atom. The molecule has 3 unspecified atom stereocenters. The molecule has 0 spiro atoms. The number of hydrogen-bond donors (Lipinski definition) is 1. The number of thiophene rings is 1. The summed E-state index contributed by atoms with van der Waals surface area (Å²) in [7, 11) is 0. The summed E-state index contributed by atoms with van der Waals surface area (Å²) in [6, 6.07) is 4.64. The van der Waals surface area contributed by atoms with Crippen molar-refractivity contribution < 1.29 is 4.79 Å². The summed E-state index contributed by atoms with van der Waals surface area (Å²) in [5.41, 5.74) is 0. The van der Waals surface area contributed by atoms with Crippen LogP contribution in [-0.4, -0.2) is 34.4 Å². The monoisotopic (exact) mass is 296 g/mol. The molecule has 0 radical (unpaired) electrons. The fourth-order valence-corrected chi connectivity index (χ4v) is 4.93. The fraction of sp³-hybridized carbons (Fsp3) is 0.643. The van der Waals surface area contributed by atoms with Crippen LogP contribution in [0.25, 0.3) is 0 Å². The lowest BCUT2D eigenvalue weighted by Gasteiger charge is -2.29. The van der Waals surface area contributed by atoms with Gasteiger partial charge in [0.1, 0.15) is 6.17 Å². The number of thioether (sulfide) groups is 1. The van der Waals surface area contributed by atoms with Gasteiger partial charge in [0.25, 0.3) is 0 Å². The molecule has 2 aliphatic rings. The van der Waals surface area contributed by atoms with Gasteiger partial charge in [0.2, 0.25) is 5.91 Å². The zero-order valence-corrected chi connectivity index (χ0v) is 12.8.